The summed E-state index contributed by atoms with van der Waals surface area (Å²) in [5, 5.41) is -0.581. The molecule has 0 spiro atoms. The van der Waals surface area contributed by atoms with Crippen LogP contribution in [0.3, 0.4) is 0 Å². The summed E-state index contributed by atoms with van der Waals surface area (Å²) in [7, 11) is -23.4. The number of ether oxygens (including phenoxy) is 4. The fraction of sp³-hybridized carbons (Fsp3) is 0.226. The average Bonchev–Trinajstić information content (AvgIpc) is 3.46. The lowest BCUT2D eigenvalue weighted by molar-refractivity contribution is -0.0597. The molecule has 5 N–H and O–H groups in total. The van der Waals surface area contributed by atoms with Crippen LogP contribution in [0.25, 0.3) is 0 Å². The predicted octanol–water partition coefficient (Wildman–Crippen LogP) is 3.16. The molecule has 3 aromatic carbocycles. The van der Waals surface area contributed by atoms with Crippen molar-refractivity contribution in [3.63, 3.8) is 0 Å². The van der Waals surface area contributed by atoms with Crippen molar-refractivity contribution < 1.29 is 83.8 Å². The van der Waals surface area contributed by atoms with Crippen molar-refractivity contribution in [3.8, 4) is 5.75 Å². The Hall–Kier alpha value is -4.36. The van der Waals surface area contributed by atoms with Gasteiger partial charge in [-0.15, -0.1) is 0 Å². The zero-order valence-electron chi connectivity index (χ0n) is 29.0. The van der Waals surface area contributed by atoms with Crippen molar-refractivity contribution in [2.75, 3.05) is 13.2 Å². The molecule has 0 radical (unpaired) electrons. The Labute approximate surface area is 320 Å². The first-order valence-corrected chi connectivity index (χ1v) is 22.2. The number of aromatic amines is 1. The van der Waals surface area contributed by atoms with Crippen molar-refractivity contribution in [2.45, 2.75) is 31.5 Å². The lowest BCUT2D eigenvalue weighted by Crippen LogP contribution is -2.42. The van der Waals surface area contributed by atoms with Crippen molar-refractivity contribution >= 4 is 48.3 Å². The van der Waals surface area contributed by atoms with E-state index in [9.17, 15) is 57.0 Å². The smallest absolute Gasteiger partial charge is 0.490 e. The second kappa shape index (κ2) is 18.1. The normalized spacial score (nSPS) is 22.2. The molecule has 2 heterocycles. The fourth-order valence-corrected chi connectivity index (χ4v) is 10.5. The van der Waals surface area contributed by atoms with E-state index in [-0.39, 0.29) is 23.5 Å². The first-order chi connectivity index (χ1) is 26.8. The number of hydrogen-bond acceptors (Lipinski definition) is 16. The molecule has 1 aromatic heterocycles. The number of aromatic nitrogens is 2. The second-order valence-corrected chi connectivity index (χ2v) is 18.0. The molecule has 8 unspecified atom stereocenters. The number of phosphoric ester groups is 1. The van der Waals surface area contributed by atoms with Crippen LogP contribution in [-0.2, 0) is 49.9 Å². The van der Waals surface area contributed by atoms with E-state index in [1.54, 1.807) is 19.1 Å². The van der Waals surface area contributed by atoms with Crippen LogP contribution in [0.1, 0.15) is 33.9 Å². The SMILES string of the molecule is CCOc1ccc(P(=O)(O)OP(=O)(O)OP(=O)(O)OP(=O)(O)OCC2OC(n3ccc(=O)[nH]c3=O)C(OC(=O)c3ccccc3)C2OC(=O)c2ccccc2)cc1. The molecule has 1 aliphatic rings. The maximum absolute atomic E-state index is 13.3. The van der Waals surface area contributed by atoms with Crippen LogP contribution in [0.4, 0.5) is 0 Å². The monoisotopic (exact) mass is 876 g/mol. The molecule has 1 saturated heterocycles. The van der Waals surface area contributed by atoms with Crippen molar-refractivity contribution in [1.82, 2.24) is 9.55 Å². The number of esters is 2. The summed E-state index contributed by atoms with van der Waals surface area (Å²) in [6.07, 6.45) is -6.16. The van der Waals surface area contributed by atoms with Crippen LogP contribution in [0.2, 0.25) is 0 Å². The lowest BCUT2D eigenvalue weighted by Gasteiger charge is -2.25. The maximum Gasteiger partial charge on any atom is 0.490 e. The Morgan fingerprint density at radius 3 is 1.79 bits per heavy atom. The Morgan fingerprint density at radius 2 is 1.25 bits per heavy atom. The van der Waals surface area contributed by atoms with E-state index in [0.29, 0.717) is 0 Å². The molecule has 0 bridgehead atoms. The largest absolute Gasteiger partial charge is 0.494 e. The van der Waals surface area contributed by atoms with Gasteiger partial charge in [0.2, 0.25) is 0 Å². The highest BCUT2D eigenvalue weighted by molar-refractivity contribution is 7.73. The third kappa shape index (κ3) is 11.8. The van der Waals surface area contributed by atoms with Gasteiger partial charge in [-0.3, -0.25) is 23.4 Å². The molecule has 57 heavy (non-hydrogen) atoms. The molecule has 22 nitrogen and oxygen atoms in total. The van der Waals surface area contributed by atoms with Gasteiger partial charge in [0.1, 0.15) is 11.9 Å². The van der Waals surface area contributed by atoms with Crippen LogP contribution >= 0.6 is 31.1 Å². The van der Waals surface area contributed by atoms with E-state index in [0.717, 1.165) is 29.0 Å². The molecule has 4 aromatic rings. The number of hydrogen-bond donors (Lipinski definition) is 5. The number of rotatable bonds is 17. The van der Waals surface area contributed by atoms with Gasteiger partial charge in [-0.25, -0.2) is 32.4 Å². The van der Waals surface area contributed by atoms with E-state index < -0.39 is 90.7 Å². The molecule has 8 atom stereocenters. The Balaban J connectivity index is 1.37. The van der Waals surface area contributed by atoms with Gasteiger partial charge < -0.3 is 38.5 Å². The minimum Gasteiger partial charge on any atom is -0.494 e. The van der Waals surface area contributed by atoms with E-state index in [1.165, 1.54) is 60.7 Å². The van der Waals surface area contributed by atoms with E-state index in [2.05, 4.69) is 12.9 Å². The summed E-state index contributed by atoms with van der Waals surface area (Å²) in [4.78, 5) is 93.9. The molecule has 1 aliphatic heterocycles. The van der Waals surface area contributed by atoms with Crippen LogP contribution in [0.5, 0.6) is 5.75 Å². The van der Waals surface area contributed by atoms with Gasteiger partial charge in [0.25, 0.3) is 5.56 Å². The van der Waals surface area contributed by atoms with Crippen molar-refractivity contribution in [3.05, 3.63) is 129 Å². The molecule has 5 rings (SSSR count). The summed E-state index contributed by atoms with van der Waals surface area (Å²) in [6, 6.07) is 19.9. The zero-order chi connectivity index (χ0) is 41.6. The van der Waals surface area contributed by atoms with Gasteiger partial charge in [0, 0.05) is 12.3 Å². The van der Waals surface area contributed by atoms with Gasteiger partial charge in [-0.2, -0.15) is 8.62 Å². The quantitative estimate of drug-likeness (QED) is 0.0751. The summed E-state index contributed by atoms with van der Waals surface area (Å²) < 4.78 is 90.8. The van der Waals surface area contributed by atoms with Crippen LogP contribution in [0.15, 0.2) is 107 Å². The van der Waals surface area contributed by atoms with Gasteiger partial charge >= 0.3 is 48.7 Å². The number of benzene rings is 3. The van der Waals surface area contributed by atoms with Crippen molar-refractivity contribution in [1.29, 1.82) is 0 Å². The number of H-pyrrole nitrogens is 1. The van der Waals surface area contributed by atoms with Gasteiger partial charge in [0.05, 0.1) is 29.6 Å². The Morgan fingerprint density at radius 1 is 0.719 bits per heavy atom. The molecule has 1 fully saturated rings. The Bertz CT molecular complexity index is 2370. The topological polar surface area (TPSA) is 312 Å². The Kier molecular flexibility index (Phi) is 13.9. The van der Waals surface area contributed by atoms with E-state index >= 15 is 0 Å². The molecule has 0 amide bonds. The van der Waals surface area contributed by atoms with Gasteiger partial charge in [0.15, 0.2) is 18.4 Å². The van der Waals surface area contributed by atoms with Crippen LogP contribution < -0.4 is 21.3 Å². The van der Waals surface area contributed by atoms with Gasteiger partial charge in [-0.05, 0) is 55.5 Å². The van der Waals surface area contributed by atoms with Crippen LogP contribution in [-0.4, -0.2) is 72.6 Å². The number of nitrogens with one attached hydrogen (secondary N) is 1. The van der Waals surface area contributed by atoms with E-state index in [1.807, 2.05) is 4.98 Å². The minimum absolute atomic E-state index is 0.00737. The standard InChI is InChI=1S/C31H32N2O20P4/c1-2-46-22-13-15-23(16-14-22)54(38,39)51-56(42,43)53-57(44,45)52-55(40,41)47-19-24-26(49-29(35)20-9-5-3-6-10-20)27(50-30(36)21-11-7-4-8-12-21)28(48-24)33-18-17-25(34)32-31(33)37/h3-18,24,26-28H,2,19H2,1H3,(H,38,39)(H,40,41)(H,42,43)(H,44,45)(H,32,34,37). The molecular weight excluding hydrogens is 844 g/mol. The summed E-state index contributed by atoms with van der Waals surface area (Å²) in [5.74, 6) is -1.81. The summed E-state index contributed by atoms with van der Waals surface area (Å²) in [6.45, 7) is 0.681. The van der Waals surface area contributed by atoms with E-state index in [4.69, 9.17) is 23.5 Å². The maximum atomic E-state index is 13.3. The second-order valence-electron chi connectivity index (χ2n) is 11.4. The zero-order valence-corrected chi connectivity index (χ0v) is 32.6. The number of carbonyl (C=O) groups is 2. The average molecular weight is 876 g/mol. The third-order valence-corrected chi connectivity index (χ3v) is 13.9. The molecule has 0 saturated carbocycles. The summed E-state index contributed by atoms with van der Waals surface area (Å²) >= 11 is 0. The number of carbonyl (C=O) groups excluding carboxylic acids is 2. The van der Waals surface area contributed by atoms with Gasteiger partial charge in [-0.1, -0.05) is 36.4 Å². The highest BCUT2D eigenvalue weighted by atomic mass is 31.3. The van der Waals surface area contributed by atoms with Crippen molar-refractivity contribution in [2.24, 2.45) is 0 Å². The molecule has 26 heteroatoms. The minimum atomic E-state index is -6.21. The summed E-state index contributed by atoms with van der Waals surface area (Å²) in [5.41, 5.74) is -1.96. The first kappa shape index (κ1) is 43.8. The number of phosphoric acid groups is 3. The molecule has 0 aliphatic carbocycles. The predicted molar refractivity (Wildman–Crippen MR) is 192 cm³/mol. The number of nitrogens with zero attached hydrogens (tertiary/aromatic N) is 1. The first-order valence-electron chi connectivity index (χ1n) is 16.1. The lowest BCUT2D eigenvalue weighted by atomic mass is 10.1. The molecular formula is C31H32N2O20P4. The van der Waals surface area contributed by atoms with Crippen LogP contribution in [0, 0.1) is 0 Å². The highest BCUT2D eigenvalue weighted by Crippen LogP contribution is 2.71. The molecule has 306 valence electrons. The highest BCUT2D eigenvalue weighted by Gasteiger charge is 2.53. The third-order valence-electron chi connectivity index (χ3n) is 7.42. The fourth-order valence-electron chi connectivity index (χ4n) is 5.06.